The Morgan fingerprint density at radius 3 is 2.44 bits per heavy atom. The van der Waals surface area contributed by atoms with Crippen molar-refractivity contribution in [2.45, 2.75) is 24.3 Å². The van der Waals surface area contributed by atoms with E-state index in [-0.39, 0.29) is 12.8 Å². The Morgan fingerprint density at radius 1 is 1.00 bits per heavy atom. The Hall–Kier alpha value is -1.67. The molecule has 4 rings (SSSR count). The second kappa shape index (κ2) is 10.1. The number of aryl methyl sites for hydroxylation is 1. The lowest BCUT2D eigenvalue weighted by Gasteiger charge is -2.20. The molecule has 0 N–H and O–H groups in total. The number of fused-ring (bicyclic) bond motifs is 2. The first-order valence-electron chi connectivity index (χ1n) is 10.3. The molecular formula is C21H20ClN2O6S4-. The molecular weight excluding hydrogens is 540 g/mol. The molecule has 13 heteroatoms. The van der Waals surface area contributed by atoms with Crippen molar-refractivity contribution >= 4 is 76.9 Å². The fourth-order valence-electron chi connectivity index (χ4n) is 3.71. The summed E-state index contributed by atoms with van der Waals surface area (Å²) in [6.45, 7) is 0.662. The van der Waals surface area contributed by atoms with E-state index in [0.29, 0.717) is 18.1 Å². The minimum Gasteiger partial charge on any atom is -0.748 e. The van der Waals surface area contributed by atoms with E-state index in [1.807, 2.05) is 45.9 Å². The zero-order valence-corrected chi connectivity index (χ0v) is 21.7. The number of nitrogens with zero attached hydrogens (tertiary/aromatic N) is 2. The van der Waals surface area contributed by atoms with Gasteiger partial charge >= 0.3 is 0 Å². The highest BCUT2D eigenvalue weighted by Gasteiger charge is 2.28. The average molecular weight is 560 g/mol. The van der Waals surface area contributed by atoms with Gasteiger partial charge in [-0.3, -0.25) is 0 Å². The van der Waals surface area contributed by atoms with Gasteiger partial charge in [0.1, 0.15) is 4.70 Å². The van der Waals surface area contributed by atoms with Gasteiger partial charge in [0.05, 0.1) is 37.0 Å². The van der Waals surface area contributed by atoms with Crippen LogP contribution in [0.15, 0.2) is 52.4 Å². The minimum absolute atomic E-state index is 0.156. The van der Waals surface area contributed by atoms with Crippen molar-refractivity contribution in [3.05, 3.63) is 57.5 Å². The molecule has 182 valence electrons. The summed E-state index contributed by atoms with van der Waals surface area (Å²) in [7, 11) is -8.64. The normalized spacial score (nSPS) is 15.4. The van der Waals surface area contributed by atoms with E-state index in [2.05, 4.69) is 0 Å². The third-order valence-corrected chi connectivity index (χ3v) is 9.17. The number of thioether (sulfide) groups is 1. The first kappa shape index (κ1) is 25.4. The summed E-state index contributed by atoms with van der Waals surface area (Å²) >= 11 is 9.23. The van der Waals surface area contributed by atoms with E-state index in [1.165, 1.54) is 23.1 Å². The summed E-state index contributed by atoms with van der Waals surface area (Å²) < 4.78 is 69.6. The number of rotatable bonds is 9. The quantitative estimate of drug-likeness (QED) is 0.288. The van der Waals surface area contributed by atoms with Crippen molar-refractivity contribution in [2.24, 2.45) is 0 Å². The number of aromatic nitrogens is 1. The standard InChI is InChI=1S/C21H21ClN2O6S4/c22-15-7-8-19-17(13-15)24(10-4-12-34(28,29)30)21(32-19)14-20-23(9-3-11-33(25,26)27)16-5-1-2-6-18(16)31-20/h1-2,5-8,13-14H,3-4,9-12H2,(H-,25,26,27,28,29,30)/p-1. The van der Waals surface area contributed by atoms with Gasteiger partial charge in [0.15, 0.2) is 6.54 Å². The molecule has 34 heavy (non-hydrogen) atoms. The number of hydrogen-bond acceptors (Lipinski definition) is 9. The molecule has 0 radical (unpaired) electrons. The van der Waals surface area contributed by atoms with Gasteiger partial charge in [0.25, 0.3) is 5.01 Å². The molecule has 0 atom stereocenters. The molecule has 0 amide bonds. The second-order valence-corrected chi connectivity index (χ2v) is 13.2. The van der Waals surface area contributed by atoms with E-state index in [9.17, 15) is 25.9 Å². The summed E-state index contributed by atoms with van der Waals surface area (Å²) in [4.78, 5) is 2.89. The third kappa shape index (κ3) is 6.30. The predicted octanol–water partition coefficient (Wildman–Crippen LogP) is 3.62. The van der Waals surface area contributed by atoms with Crippen molar-refractivity contribution in [2.75, 3.05) is 23.0 Å². The van der Waals surface area contributed by atoms with Crippen LogP contribution in [-0.2, 0) is 26.8 Å². The van der Waals surface area contributed by atoms with Crippen LogP contribution in [0.4, 0.5) is 5.69 Å². The van der Waals surface area contributed by atoms with Gasteiger partial charge in [-0.2, -0.15) is 4.57 Å². The molecule has 0 fully saturated rings. The lowest BCUT2D eigenvalue weighted by molar-refractivity contribution is -0.668. The van der Waals surface area contributed by atoms with E-state index in [4.69, 9.17) is 11.6 Å². The second-order valence-electron chi connectivity index (χ2n) is 7.64. The van der Waals surface area contributed by atoms with Gasteiger partial charge in [-0.25, -0.2) is 16.8 Å². The maximum Gasteiger partial charge on any atom is 0.265 e. The van der Waals surface area contributed by atoms with Crippen LogP contribution in [0.5, 0.6) is 0 Å². The molecule has 3 aromatic rings. The molecule has 1 aliphatic heterocycles. The Kier molecular flexibility index (Phi) is 7.58. The van der Waals surface area contributed by atoms with Gasteiger partial charge < -0.3 is 14.0 Å². The number of benzene rings is 2. The maximum atomic E-state index is 11.1. The van der Waals surface area contributed by atoms with Crippen molar-refractivity contribution < 1.29 is 30.5 Å². The largest absolute Gasteiger partial charge is 0.748 e. The van der Waals surface area contributed by atoms with Crippen molar-refractivity contribution in [1.29, 1.82) is 0 Å². The van der Waals surface area contributed by atoms with Crippen molar-refractivity contribution in [1.82, 2.24) is 0 Å². The molecule has 0 spiro atoms. The Morgan fingerprint density at radius 2 is 1.71 bits per heavy atom. The molecule has 2 aromatic carbocycles. The van der Waals surface area contributed by atoms with E-state index >= 15 is 0 Å². The number of anilines is 1. The van der Waals surface area contributed by atoms with E-state index < -0.39 is 31.7 Å². The molecule has 1 aromatic heterocycles. The van der Waals surface area contributed by atoms with Crippen LogP contribution in [0.3, 0.4) is 0 Å². The van der Waals surface area contributed by atoms with Gasteiger partial charge in [0, 0.05) is 40.5 Å². The number of thiazole rings is 1. The Labute approximate surface area is 211 Å². The summed E-state index contributed by atoms with van der Waals surface area (Å²) in [5.41, 5.74) is 1.76. The minimum atomic E-state index is -4.33. The van der Waals surface area contributed by atoms with Crippen molar-refractivity contribution in [3.63, 3.8) is 0 Å². The summed E-state index contributed by atoms with van der Waals surface area (Å²) in [6, 6.07) is 13.2. The molecule has 0 saturated carbocycles. The highest BCUT2D eigenvalue weighted by Crippen LogP contribution is 2.47. The fourth-order valence-corrected chi connectivity index (χ4v) is 7.14. The molecule has 2 heterocycles. The molecule has 8 nitrogen and oxygen atoms in total. The first-order valence-corrected chi connectivity index (χ1v) is 15.4. The fraction of sp³-hybridized carbons (Fsp3) is 0.286. The molecule has 0 aliphatic carbocycles. The summed E-state index contributed by atoms with van der Waals surface area (Å²) in [5, 5.41) is 2.22. The van der Waals surface area contributed by atoms with Crippen LogP contribution < -0.4 is 9.47 Å². The molecule has 0 unspecified atom stereocenters. The molecule has 0 bridgehead atoms. The van der Waals surface area contributed by atoms with E-state index in [1.54, 1.807) is 12.1 Å². The number of hydrogen-bond donors (Lipinski definition) is 0. The zero-order chi connectivity index (χ0) is 24.5. The SMILES string of the molecule is O=S(=O)([O-])CCCN1/C(=C/c2sc3ccccc3[n+]2CCCS(=O)(=O)[O-])Sc2ccc(Cl)cc21. The highest BCUT2D eigenvalue weighted by atomic mass is 35.5. The van der Waals surface area contributed by atoms with Gasteiger partial charge in [-0.05, 0) is 30.7 Å². The summed E-state index contributed by atoms with van der Waals surface area (Å²) in [5.74, 6) is -0.918. The smallest absolute Gasteiger partial charge is 0.265 e. The Balaban J connectivity index is 1.70. The van der Waals surface area contributed by atoms with Gasteiger partial charge in [-0.1, -0.05) is 46.8 Å². The lowest BCUT2D eigenvalue weighted by Crippen LogP contribution is -2.36. The van der Waals surface area contributed by atoms with Gasteiger partial charge in [-0.15, -0.1) is 0 Å². The third-order valence-electron chi connectivity index (χ3n) is 5.13. The number of para-hydroxylation sites is 1. The number of halogens is 1. The van der Waals surface area contributed by atoms with Crippen LogP contribution in [0.25, 0.3) is 16.3 Å². The van der Waals surface area contributed by atoms with Gasteiger partial charge in [0.2, 0.25) is 5.52 Å². The van der Waals surface area contributed by atoms with Crippen LogP contribution in [0.2, 0.25) is 5.02 Å². The van der Waals surface area contributed by atoms with Crippen LogP contribution in [0.1, 0.15) is 17.8 Å². The first-order chi connectivity index (χ1) is 16.0. The maximum absolute atomic E-state index is 11.1. The van der Waals surface area contributed by atoms with E-state index in [0.717, 1.165) is 30.8 Å². The lowest BCUT2D eigenvalue weighted by atomic mass is 10.2. The summed E-state index contributed by atoms with van der Waals surface area (Å²) in [6.07, 6.45) is 2.30. The molecule has 0 saturated heterocycles. The van der Waals surface area contributed by atoms with Crippen LogP contribution in [-0.4, -0.2) is 44.0 Å². The predicted molar refractivity (Wildman–Crippen MR) is 133 cm³/mol. The molecule has 1 aliphatic rings. The monoisotopic (exact) mass is 559 g/mol. The zero-order valence-electron chi connectivity index (χ0n) is 17.7. The van der Waals surface area contributed by atoms with Crippen LogP contribution >= 0.6 is 34.7 Å². The van der Waals surface area contributed by atoms with Crippen molar-refractivity contribution in [3.8, 4) is 0 Å². The van der Waals surface area contributed by atoms with Crippen LogP contribution in [0, 0.1) is 0 Å². The highest BCUT2D eigenvalue weighted by molar-refractivity contribution is 8.04. The average Bonchev–Trinajstić information content (AvgIpc) is 3.24. The Bertz CT molecular complexity index is 1470. The topological polar surface area (TPSA) is 122 Å².